The molecule has 1 aliphatic heterocycles. The maximum Gasteiger partial charge on any atom is 0.330 e. The first kappa shape index (κ1) is 22.9. The predicted molar refractivity (Wildman–Crippen MR) is 124 cm³/mol. The number of halogens is 2. The third-order valence-corrected chi connectivity index (χ3v) is 5.32. The van der Waals surface area contributed by atoms with Crippen LogP contribution in [0.5, 0.6) is 0 Å². The highest BCUT2D eigenvalue weighted by Crippen LogP contribution is 2.24. The Balaban J connectivity index is 1.49. The van der Waals surface area contributed by atoms with Gasteiger partial charge in [-0.2, -0.15) is 0 Å². The molecular weight excluding hydrogens is 439 g/mol. The van der Waals surface area contributed by atoms with E-state index in [2.05, 4.69) is 15.6 Å². The monoisotopic (exact) mass is 462 g/mol. The van der Waals surface area contributed by atoms with Gasteiger partial charge >= 0.3 is 12.0 Å². The second kappa shape index (κ2) is 11.0. The van der Waals surface area contributed by atoms with E-state index >= 15 is 0 Å². The number of hydrogen-bond donors (Lipinski definition) is 2. The van der Waals surface area contributed by atoms with Gasteiger partial charge in [0, 0.05) is 42.1 Å². The summed E-state index contributed by atoms with van der Waals surface area (Å²) in [6.07, 6.45) is 6.14. The van der Waals surface area contributed by atoms with E-state index < -0.39 is 5.97 Å². The number of nitrogens with one attached hydrogen (secondary N) is 2. The van der Waals surface area contributed by atoms with Gasteiger partial charge in [-0.3, -0.25) is 0 Å². The van der Waals surface area contributed by atoms with Crippen LogP contribution in [0.2, 0.25) is 10.0 Å². The maximum absolute atomic E-state index is 12.4. The van der Waals surface area contributed by atoms with Crippen molar-refractivity contribution in [3.8, 4) is 0 Å². The Morgan fingerprint density at radius 2 is 1.94 bits per heavy atom. The molecule has 0 aliphatic carbocycles. The molecule has 1 aromatic heterocycles. The van der Waals surface area contributed by atoms with E-state index in [0.29, 0.717) is 46.8 Å². The number of piperidine rings is 1. The molecule has 1 fully saturated rings. The number of carbonyl (C=O) groups excluding carboxylic acids is 2. The van der Waals surface area contributed by atoms with Crippen LogP contribution in [0.15, 0.2) is 42.6 Å². The van der Waals surface area contributed by atoms with Crippen molar-refractivity contribution in [3.05, 3.63) is 58.2 Å². The fraction of sp³-hybridized carbons (Fsp3) is 0.318. The molecule has 1 saturated heterocycles. The Kier molecular flexibility index (Phi) is 8.14. The lowest BCUT2D eigenvalue weighted by Gasteiger charge is -2.32. The fourth-order valence-electron chi connectivity index (χ4n) is 3.16. The van der Waals surface area contributed by atoms with Crippen LogP contribution in [-0.4, -0.2) is 47.6 Å². The number of aromatic nitrogens is 1. The third-order valence-electron chi connectivity index (χ3n) is 4.78. The number of amides is 2. The van der Waals surface area contributed by atoms with Crippen molar-refractivity contribution in [2.75, 3.05) is 30.3 Å². The largest absolute Gasteiger partial charge is 0.463 e. The van der Waals surface area contributed by atoms with Crippen LogP contribution in [0.1, 0.15) is 25.3 Å². The molecule has 2 heterocycles. The van der Waals surface area contributed by atoms with E-state index in [0.717, 1.165) is 12.8 Å². The molecule has 9 heteroatoms. The van der Waals surface area contributed by atoms with Crippen LogP contribution in [0.4, 0.5) is 16.3 Å². The molecule has 1 aliphatic rings. The summed E-state index contributed by atoms with van der Waals surface area (Å²) in [5.74, 6) is 0.173. The Morgan fingerprint density at radius 3 is 2.58 bits per heavy atom. The summed E-state index contributed by atoms with van der Waals surface area (Å²) in [4.78, 5) is 30.0. The molecule has 2 amide bonds. The third kappa shape index (κ3) is 6.87. The molecular formula is C22H24Cl2N4O3. The number of anilines is 2. The average molecular weight is 463 g/mol. The Labute approximate surface area is 191 Å². The van der Waals surface area contributed by atoms with Crippen LogP contribution < -0.4 is 10.6 Å². The number of benzene rings is 1. The predicted octanol–water partition coefficient (Wildman–Crippen LogP) is 5.07. The smallest absolute Gasteiger partial charge is 0.330 e. The number of ether oxygens (including phenoxy) is 1. The van der Waals surface area contributed by atoms with Crippen molar-refractivity contribution in [3.63, 3.8) is 0 Å². The van der Waals surface area contributed by atoms with Gasteiger partial charge in [0.05, 0.1) is 11.6 Å². The zero-order chi connectivity index (χ0) is 22.2. The summed E-state index contributed by atoms with van der Waals surface area (Å²) in [7, 11) is 0. The summed E-state index contributed by atoms with van der Waals surface area (Å²) < 4.78 is 4.85. The van der Waals surface area contributed by atoms with Crippen LogP contribution in [0, 0.1) is 0 Å². The summed E-state index contributed by atoms with van der Waals surface area (Å²) >= 11 is 12.2. The van der Waals surface area contributed by atoms with Crippen LogP contribution in [-0.2, 0) is 9.53 Å². The second-order valence-electron chi connectivity index (χ2n) is 7.03. The number of likely N-dealkylation sites (tertiary alicyclic amines) is 1. The van der Waals surface area contributed by atoms with E-state index in [4.69, 9.17) is 27.9 Å². The highest BCUT2D eigenvalue weighted by Gasteiger charge is 2.23. The van der Waals surface area contributed by atoms with Gasteiger partial charge in [-0.15, -0.1) is 0 Å². The molecule has 3 rings (SSSR count). The van der Waals surface area contributed by atoms with E-state index in [1.54, 1.807) is 54.4 Å². The van der Waals surface area contributed by atoms with Crippen molar-refractivity contribution >= 4 is 52.8 Å². The molecule has 31 heavy (non-hydrogen) atoms. The lowest BCUT2D eigenvalue weighted by atomic mass is 10.1. The van der Waals surface area contributed by atoms with Gasteiger partial charge in [0.15, 0.2) is 0 Å². The lowest BCUT2D eigenvalue weighted by Crippen LogP contribution is -2.44. The fourth-order valence-corrected chi connectivity index (χ4v) is 3.52. The quantitative estimate of drug-likeness (QED) is 0.462. The minimum Gasteiger partial charge on any atom is -0.463 e. The van der Waals surface area contributed by atoms with E-state index in [1.165, 1.54) is 6.08 Å². The number of pyridine rings is 1. The zero-order valence-corrected chi connectivity index (χ0v) is 18.6. The number of esters is 1. The summed E-state index contributed by atoms with van der Waals surface area (Å²) in [5, 5.41) is 7.32. The molecule has 1 aromatic carbocycles. The molecule has 0 radical (unpaired) electrons. The van der Waals surface area contributed by atoms with Gasteiger partial charge in [-0.25, -0.2) is 14.6 Å². The summed E-state index contributed by atoms with van der Waals surface area (Å²) in [6, 6.07) is 8.78. The lowest BCUT2D eigenvalue weighted by molar-refractivity contribution is -0.137. The van der Waals surface area contributed by atoms with E-state index in [1.807, 2.05) is 0 Å². The molecule has 0 atom stereocenters. The van der Waals surface area contributed by atoms with Crippen LogP contribution in [0.3, 0.4) is 0 Å². The van der Waals surface area contributed by atoms with Crippen molar-refractivity contribution in [1.29, 1.82) is 0 Å². The maximum atomic E-state index is 12.4. The highest BCUT2D eigenvalue weighted by molar-refractivity contribution is 6.33. The minimum atomic E-state index is -0.410. The number of rotatable bonds is 6. The zero-order valence-electron chi connectivity index (χ0n) is 17.1. The minimum absolute atomic E-state index is 0.130. The van der Waals surface area contributed by atoms with Gasteiger partial charge < -0.3 is 20.3 Å². The topological polar surface area (TPSA) is 83.6 Å². The molecule has 0 spiro atoms. The Morgan fingerprint density at radius 1 is 1.23 bits per heavy atom. The molecule has 164 valence electrons. The Bertz CT molecular complexity index is 942. The second-order valence-corrected chi connectivity index (χ2v) is 7.87. The Hall–Kier alpha value is -2.77. The first-order valence-electron chi connectivity index (χ1n) is 10.0. The van der Waals surface area contributed by atoms with Crippen molar-refractivity contribution < 1.29 is 14.3 Å². The normalized spacial score (nSPS) is 14.5. The van der Waals surface area contributed by atoms with Gasteiger partial charge in [0.25, 0.3) is 0 Å². The first-order valence-corrected chi connectivity index (χ1v) is 10.8. The van der Waals surface area contributed by atoms with Crippen molar-refractivity contribution in [2.24, 2.45) is 0 Å². The number of nitrogens with zero attached hydrogens (tertiary/aromatic N) is 2. The van der Waals surface area contributed by atoms with Gasteiger partial charge in [-0.05, 0) is 61.7 Å². The number of urea groups is 1. The molecule has 2 aromatic rings. The van der Waals surface area contributed by atoms with Crippen molar-refractivity contribution in [1.82, 2.24) is 9.88 Å². The average Bonchev–Trinajstić information content (AvgIpc) is 2.76. The highest BCUT2D eigenvalue weighted by atomic mass is 35.5. The number of hydrogen-bond acceptors (Lipinski definition) is 5. The molecule has 7 nitrogen and oxygen atoms in total. The van der Waals surface area contributed by atoms with Gasteiger partial charge in [0.2, 0.25) is 0 Å². The standard InChI is InChI=1S/C22H24Cl2N4O3/c1-2-31-20(29)8-3-15-13-19(24)21(25-14-15)26-18-9-11-28(12-10-18)22(30)27-17-6-4-16(23)5-7-17/h3-8,13-14,18H,2,9-12H2,1H3,(H,25,26)(H,27,30). The van der Waals surface area contributed by atoms with Crippen LogP contribution in [0.25, 0.3) is 6.08 Å². The molecule has 0 unspecified atom stereocenters. The summed E-state index contributed by atoms with van der Waals surface area (Å²) in [6.45, 7) is 3.32. The SMILES string of the molecule is CCOC(=O)C=Cc1cnc(NC2CCN(C(=O)Nc3ccc(Cl)cc3)CC2)c(Cl)c1. The molecule has 0 saturated carbocycles. The molecule has 0 bridgehead atoms. The van der Waals surface area contributed by atoms with Gasteiger partial charge in [0.1, 0.15) is 5.82 Å². The summed E-state index contributed by atoms with van der Waals surface area (Å²) in [5.41, 5.74) is 1.42. The van der Waals surface area contributed by atoms with E-state index in [-0.39, 0.29) is 12.1 Å². The van der Waals surface area contributed by atoms with Crippen molar-refractivity contribution in [2.45, 2.75) is 25.8 Å². The van der Waals surface area contributed by atoms with E-state index in [9.17, 15) is 9.59 Å². The van der Waals surface area contributed by atoms with Gasteiger partial charge in [-0.1, -0.05) is 23.2 Å². The number of carbonyl (C=O) groups is 2. The van der Waals surface area contributed by atoms with Crippen LogP contribution >= 0.6 is 23.2 Å². The first-order chi connectivity index (χ1) is 14.9. The molecule has 2 N–H and O–H groups in total.